The number of carboxylic acid groups (broad SMARTS) is 1. The summed E-state index contributed by atoms with van der Waals surface area (Å²) >= 11 is 1.04. The van der Waals surface area contributed by atoms with Gasteiger partial charge in [-0.25, -0.2) is 13.6 Å². The lowest BCUT2D eigenvalue weighted by atomic mass is 9.69. The molecule has 0 aliphatic heterocycles. The summed E-state index contributed by atoms with van der Waals surface area (Å²) < 4.78 is 35.2. The quantitative estimate of drug-likeness (QED) is 0.121. The number of hydrogen-bond acceptors (Lipinski definition) is 7. The molecule has 1 aromatic heterocycles. The molecule has 1 saturated carbocycles. The molecule has 4 N–H and O–H groups in total. The first-order valence-electron chi connectivity index (χ1n) is 13.2. The Hall–Kier alpha value is -3.12. The molecule has 1 atom stereocenters. The minimum Gasteiger partial charge on any atom is -0.494 e. The number of allylic oxidation sites excluding steroid dienone is 5. The Labute approximate surface area is 237 Å². The van der Waals surface area contributed by atoms with Crippen LogP contribution >= 0.6 is 11.3 Å². The Balaban J connectivity index is 1.93. The number of nitrogens with zero attached hydrogens (tertiary/aromatic N) is 2. The lowest BCUT2D eigenvalue weighted by Crippen LogP contribution is -2.48. The Morgan fingerprint density at radius 3 is 2.55 bits per heavy atom. The van der Waals surface area contributed by atoms with Crippen molar-refractivity contribution in [2.24, 2.45) is 17.3 Å². The van der Waals surface area contributed by atoms with Gasteiger partial charge >= 0.3 is 11.8 Å². The molecule has 11 heteroatoms. The molecule has 1 aliphatic carbocycles. The zero-order valence-electron chi connectivity index (χ0n) is 23.5. The van der Waals surface area contributed by atoms with E-state index in [0.29, 0.717) is 10.6 Å². The number of aromatic carboxylic acids is 1. The number of hydrogen-bond donors (Lipinski definition) is 4. The number of aromatic nitrogens is 1. The van der Waals surface area contributed by atoms with Crippen LogP contribution in [0.3, 0.4) is 0 Å². The van der Waals surface area contributed by atoms with Gasteiger partial charge in [0, 0.05) is 11.6 Å². The van der Waals surface area contributed by atoms with Gasteiger partial charge in [0.2, 0.25) is 0 Å². The number of methoxy groups -OCH3 is 1. The number of ether oxygens (including phenoxy) is 1. The third-order valence-electron chi connectivity index (χ3n) is 7.55. The number of halogens is 2. The number of thiazole rings is 1. The fourth-order valence-electron chi connectivity index (χ4n) is 4.93. The molecule has 1 aromatic carbocycles. The van der Waals surface area contributed by atoms with Crippen molar-refractivity contribution in [3.05, 3.63) is 64.0 Å². The van der Waals surface area contributed by atoms with Crippen molar-refractivity contribution in [1.82, 2.24) is 9.90 Å². The van der Waals surface area contributed by atoms with Crippen LogP contribution in [-0.2, 0) is 0 Å². The first kappa shape index (κ1) is 31.4. The predicted molar refractivity (Wildman–Crippen MR) is 153 cm³/mol. The maximum atomic E-state index is 15.9. The molecule has 3 rings (SSSR count). The predicted octanol–water partition coefficient (Wildman–Crippen LogP) is 8.16. The molecule has 2 aromatic rings. The van der Waals surface area contributed by atoms with Crippen LogP contribution in [-0.4, -0.2) is 33.6 Å². The molecule has 218 valence electrons. The van der Waals surface area contributed by atoms with Gasteiger partial charge in [0.05, 0.1) is 18.1 Å². The highest BCUT2D eigenvalue weighted by molar-refractivity contribution is 7.11. The maximum absolute atomic E-state index is 15.9. The third kappa shape index (κ3) is 7.14. The van der Waals surface area contributed by atoms with Gasteiger partial charge in [0.15, 0.2) is 0 Å². The smallest absolute Gasteiger partial charge is 0.338 e. The van der Waals surface area contributed by atoms with E-state index in [1.54, 1.807) is 0 Å². The zero-order chi connectivity index (χ0) is 29.8. The zero-order valence-corrected chi connectivity index (χ0v) is 24.3. The monoisotopic (exact) mass is 578 g/mol. The van der Waals surface area contributed by atoms with E-state index in [2.05, 4.69) is 30.8 Å². The summed E-state index contributed by atoms with van der Waals surface area (Å²) in [5.74, 6) is -3.14. The third-order valence-corrected chi connectivity index (χ3v) is 8.43. The van der Waals surface area contributed by atoms with Crippen molar-refractivity contribution in [3.63, 3.8) is 0 Å². The molecule has 8 nitrogen and oxygen atoms in total. The van der Waals surface area contributed by atoms with E-state index < -0.39 is 22.3 Å². The number of rotatable bonds is 11. The second kappa shape index (κ2) is 12.6. The summed E-state index contributed by atoms with van der Waals surface area (Å²) in [6, 6.07) is 1.69. The van der Waals surface area contributed by atoms with Gasteiger partial charge in [0.25, 0.3) is 0 Å². The largest absolute Gasteiger partial charge is 0.494 e. The van der Waals surface area contributed by atoms with Crippen molar-refractivity contribution in [3.8, 4) is 5.75 Å². The average Bonchev–Trinajstić information content (AvgIpc) is 3.39. The topological polar surface area (TPSA) is 112 Å². The van der Waals surface area contributed by atoms with Crippen molar-refractivity contribution >= 4 is 34.4 Å². The fourth-order valence-corrected chi connectivity index (χ4v) is 5.77. The van der Waals surface area contributed by atoms with Gasteiger partial charge in [0.1, 0.15) is 33.0 Å². The minimum atomic E-state index is -2.00. The highest BCUT2D eigenvalue weighted by atomic mass is 32.1. The summed E-state index contributed by atoms with van der Waals surface area (Å²) in [6.07, 6.45) is 7.59. The van der Waals surface area contributed by atoms with Crippen LogP contribution < -0.4 is 15.1 Å². The highest BCUT2D eigenvalue weighted by Crippen LogP contribution is 2.44. The molecule has 0 radical (unpaired) electrons. The van der Waals surface area contributed by atoms with E-state index in [4.69, 9.17) is 9.84 Å². The molecule has 0 amide bonds. The first-order valence-corrected chi connectivity index (χ1v) is 14.0. The van der Waals surface area contributed by atoms with Gasteiger partial charge in [-0.2, -0.15) is 10.4 Å². The maximum Gasteiger partial charge on any atom is 0.338 e. The molecule has 0 spiro atoms. The van der Waals surface area contributed by atoms with E-state index in [1.807, 2.05) is 13.8 Å². The number of anilines is 1. The first-order chi connectivity index (χ1) is 18.7. The summed E-state index contributed by atoms with van der Waals surface area (Å²) in [6.45, 7) is 12.4. The Morgan fingerprint density at radius 1 is 1.35 bits per heavy atom. The summed E-state index contributed by atoms with van der Waals surface area (Å²) in [4.78, 5) is 13.5. The van der Waals surface area contributed by atoms with Crippen LogP contribution in [0.5, 0.6) is 5.75 Å². The van der Waals surface area contributed by atoms with E-state index in [0.717, 1.165) is 61.1 Å². The standard InChI is InChI=1S/C29H37F2N3O5S/c1-7-17(3)26(19-9-11-29(4,5)12-10-19)22(31)13-18(8-2)27-32-25(16-40-27)34(37,38)33-23-15-21(30)20(28(35)36)14-24(23)39-6/h8,13-17,19,33,37-38H,2,7,9-12H2,1,3-6H3/p+1/b18-13+,26-22-. The average molecular weight is 579 g/mol. The van der Waals surface area contributed by atoms with Crippen LogP contribution in [0, 0.1) is 23.1 Å². The fraction of sp³-hybridized carbons (Fsp3) is 0.448. The van der Waals surface area contributed by atoms with Crippen LogP contribution in [0.15, 0.2) is 47.6 Å². The van der Waals surface area contributed by atoms with Gasteiger partial charge < -0.3 is 9.84 Å². The number of carbonyl (C=O) groups is 1. The van der Waals surface area contributed by atoms with Gasteiger partial charge in [-0.15, -0.1) is 21.8 Å². The molecule has 0 bridgehead atoms. The number of carboxylic acids is 1. The summed E-state index contributed by atoms with van der Waals surface area (Å²) in [7, 11) is 1.22. The van der Waals surface area contributed by atoms with Crippen LogP contribution in [0.4, 0.5) is 20.3 Å². The molecular weight excluding hydrogens is 540 g/mol. The normalized spacial score (nSPS) is 17.7. The van der Waals surface area contributed by atoms with E-state index in [1.165, 1.54) is 24.6 Å². The SMILES string of the molecule is C=C/C(=C\C(F)=C(/C(C)CC)C1CCC(C)(C)CC1)c1nc([N+](O)(O)Nc2cc(F)c(C(=O)O)cc2OC)cs1. The van der Waals surface area contributed by atoms with Gasteiger partial charge in [-0.1, -0.05) is 40.3 Å². The number of nitrogens with one attached hydrogen (secondary N) is 1. The molecule has 1 unspecified atom stereocenters. The second-order valence-corrected chi connectivity index (χ2v) is 11.8. The van der Waals surface area contributed by atoms with Gasteiger partial charge in [-0.05, 0) is 67.1 Å². The van der Waals surface area contributed by atoms with Crippen LogP contribution in [0.1, 0.15) is 75.2 Å². The molecule has 1 heterocycles. The van der Waals surface area contributed by atoms with Crippen LogP contribution in [0.25, 0.3) is 5.57 Å². The molecular formula is C29H38F2N3O5S+. The van der Waals surface area contributed by atoms with E-state index in [9.17, 15) is 19.6 Å². The lowest BCUT2D eigenvalue weighted by Gasteiger charge is -2.37. The summed E-state index contributed by atoms with van der Waals surface area (Å²) in [5.41, 5.74) is 2.83. The second-order valence-electron chi connectivity index (χ2n) is 10.9. The highest BCUT2D eigenvalue weighted by Gasteiger charge is 2.34. The Kier molecular flexibility index (Phi) is 9.89. The summed E-state index contributed by atoms with van der Waals surface area (Å²) in [5, 5.41) is 32.1. The molecule has 1 aliphatic rings. The van der Waals surface area contributed by atoms with E-state index >= 15 is 4.39 Å². The van der Waals surface area contributed by atoms with Gasteiger partial charge in [-0.3, -0.25) is 0 Å². The number of benzene rings is 1. The van der Waals surface area contributed by atoms with Crippen molar-refractivity contribution in [2.45, 2.75) is 59.8 Å². The van der Waals surface area contributed by atoms with Crippen molar-refractivity contribution in [1.29, 1.82) is 0 Å². The Bertz CT molecular complexity index is 1310. The Morgan fingerprint density at radius 2 is 2.00 bits per heavy atom. The number of quaternary nitrogens is 1. The molecule has 40 heavy (non-hydrogen) atoms. The molecule has 0 saturated heterocycles. The molecule has 1 fully saturated rings. The van der Waals surface area contributed by atoms with E-state index in [-0.39, 0.29) is 40.3 Å². The lowest BCUT2D eigenvalue weighted by molar-refractivity contribution is -0.274. The van der Waals surface area contributed by atoms with Crippen molar-refractivity contribution < 1.29 is 33.8 Å². The minimum absolute atomic E-state index is 0.0617. The van der Waals surface area contributed by atoms with Crippen LogP contribution in [0.2, 0.25) is 0 Å². The van der Waals surface area contributed by atoms with Crippen molar-refractivity contribution in [2.75, 3.05) is 12.5 Å².